The Morgan fingerprint density at radius 3 is 2.29 bits per heavy atom. The van der Waals surface area contributed by atoms with Gasteiger partial charge in [-0.2, -0.15) is 0 Å². The third kappa shape index (κ3) is 7.43. The summed E-state index contributed by atoms with van der Waals surface area (Å²) in [5.74, 6) is 1.08. The van der Waals surface area contributed by atoms with Gasteiger partial charge in [0, 0.05) is 17.5 Å². The van der Waals surface area contributed by atoms with Crippen molar-refractivity contribution < 1.29 is 14.3 Å². The molecular formula is C27H38N4O3S. The lowest BCUT2D eigenvalue weighted by atomic mass is 9.90. The molecule has 1 heterocycles. The third-order valence-corrected chi connectivity index (χ3v) is 7.86. The summed E-state index contributed by atoms with van der Waals surface area (Å²) in [6.45, 7) is 4.65. The Kier molecular flexibility index (Phi) is 9.01. The smallest absolute Gasteiger partial charge is 0.315 e. The maximum absolute atomic E-state index is 12.9. The van der Waals surface area contributed by atoms with E-state index >= 15 is 0 Å². The molecule has 2 saturated carbocycles. The van der Waals surface area contributed by atoms with Crippen LogP contribution >= 0.6 is 11.3 Å². The number of carbonyl (C=O) groups excluding carboxylic acids is 2. The number of benzene rings is 1. The van der Waals surface area contributed by atoms with E-state index < -0.39 is 0 Å². The minimum absolute atomic E-state index is 0.0634. The van der Waals surface area contributed by atoms with Crippen LogP contribution in [0.3, 0.4) is 0 Å². The van der Waals surface area contributed by atoms with Gasteiger partial charge in [-0.15, -0.1) is 11.3 Å². The summed E-state index contributed by atoms with van der Waals surface area (Å²) in [4.78, 5) is 30.0. The molecule has 4 rings (SSSR count). The average Bonchev–Trinajstić information content (AvgIpc) is 3.34. The number of amides is 3. The van der Waals surface area contributed by atoms with Crippen LogP contribution in [0.25, 0.3) is 0 Å². The van der Waals surface area contributed by atoms with Crippen LogP contribution in [0, 0.1) is 0 Å². The molecule has 0 radical (unpaired) electrons. The lowest BCUT2D eigenvalue weighted by Gasteiger charge is -2.33. The van der Waals surface area contributed by atoms with Crippen LogP contribution in [0.15, 0.2) is 29.6 Å². The lowest BCUT2D eigenvalue weighted by Crippen LogP contribution is -2.56. The Hall–Kier alpha value is -2.61. The van der Waals surface area contributed by atoms with E-state index in [-0.39, 0.29) is 30.1 Å². The van der Waals surface area contributed by atoms with E-state index in [0.717, 1.165) is 49.3 Å². The van der Waals surface area contributed by atoms with Crippen molar-refractivity contribution in [3.63, 3.8) is 0 Å². The van der Waals surface area contributed by atoms with E-state index in [2.05, 4.69) is 46.9 Å². The van der Waals surface area contributed by atoms with Crippen molar-refractivity contribution in [3.8, 4) is 5.75 Å². The van der Waals surface area contributed by atoms with Gasteiger partial charge in [0.25, 0.3) is 5.91 Å². The number of aromatic nitrogens is 1. The first-order valence-corrected chi connectivity index (χ1v) is 13.9. The molecule has 3 amide bonds. The van der Waals surface area contributed by atoms with Crippen molar-refractivity contribution in [1.82, 2.24) is 20.9 Å². The molecule has 7 nitrogen and oxygen atoms in total. The predicted octanol–water partition coefficient (Wildman–Crippen LogP) is 5.52. The van der Waals surface area contributed by atoms with Gasteiger partial charge in [-0.3, -0.25) is 4.79 Å². The number of ether oxygens (including phenoxy) is 1. The second-order valence-electron chi connectivity index (χ2n) is 10.1. The Labute approximate surface area is 212 Å². The zero-order valence-corrected chi connectivity index (χ0v) is 21.7. The molecular weight excluding hydrogens is 460 g/mol. The molecule has 0 aliphatic heterocycles. The first kappa shape index (κ1) is 25.5. The quantitative estimate of drug-likeness (QED) is 0.447. The molecule has 0 spiro atoms. The van der Waals surface area contributed by atoms with Crippen LogP contribution < -0.4 is 20.7 Å². The standard InChI is InChI=1S/C27H38N4O3S/c1-18(2)19-12-14-21(15-13-19)34-16-25-29-24(17-35-25)26(32)30-22-10-6-7-11-23(22)31-27(33)28-20-8-4-3-5-9-20/h12-15,17-18,20,22-23H,3-11,16H2,1-2H3,(H,30,32)(H2,28,31,33)/t22-,23-/m1/s1. The van der Waals surface area contributed by atoms with Gasteiger partial charge in [-0.1, -0.05) is 58.1 Å². The Morgan fingerprint density at radius 2 is 1.60 bits per heavy atom. The SMILES string of the molecule is CC(C)c1ccc(OCc2nc(C(=O)N[C@@H]3CCCC[C@H]3NC(=O)NC3CCCCC3)cs2)cc1. The van der Waals surface area contributed by atoms with Gasteiger partial charge in [-0.25, -0.2) is 9.78 Å². The van der Waals surface area contributed by atoms with Gasteiger partial charge in [0.2, 0.25) is 0 Å². The molecule has 0 saturated heterocycles. The van der Waals surface area contributed by atoms with Crippen LogP contribution in [0.4, 0.5) is 4.79 Å². The summed E-state index contributed by atoms with van der Waals surface area (Å²) in [6, 6.07) is 8.09. The maximum Gasteiger partial charge on any atom is 0.315 e. The second-order valence-corrected chi connectivity index (χ2v) is 11.0. The fraction of sp³-hybridized carbons (Fsp3) is 0.593. The van der Waals surface area contributed by atoms with Crippen LogP contribution in [0.5, 0.6) is 5.75 Å². The molecule has 2 fully saturated rings. The van der Waals surface area contributed by atoms with Crippen LogP contribution in [0.2, 0.25) is 0 Å². The van der Waals surface area contributed by atoms with Crippen LogP contribution in [-0.4, -0.2) is 35.0 Å². The zero-order valence-electron chi connectivity index (χ0n) is 20.8. The highest BCUT2D eigenvalue weighted by molar-refractivity contribution is 7.09. The zero-order chi connectivity index (χ0) is 24.6. The second kappa shape index (κ2) is 12.4. The van der Waals surface area contributed by atoms with E-state index in [0.29, 0.717) is 18.2 Å². The number of nitrogens with one attached hydrogen (secondary N) is 3. The number of urea groups is 1. The minimum atomic E-state index is -0.194. The first-order valence-electron chi connectivity index (χ1n) is 13.0. The predicted molar refractivity (Wildman–Crippen MR) is 139 cm³/mol. The fourth-order valence-corrected chi connectivity index (χ4v) is 5.62. The van der Waals surface area contributed by atoms with Gasteiger partial charge < -0.3 is 20.7 Å². The first-order chi connectivity index (χ1) is 17.0. The number of thiazole rings is 1. The van der Waals surface area contributed by atoms with Crippen molar-refractivity contribution in [1.29, 1.82) is 0 Å². The molecule has 8 heteroatoms. The van der Waals surface area contributed by atoms with E-state index in [4.69, 9.17) is 4.74 Å². The molecule has 2 aliphatic carbocycles. The molecule has 3 N–H and O–H groups in total. The largest absolute Gasteiger partial charge is 0.486 e. The average molecular weight is 499 g/mol. The van der Waals surface area contributed by atoms with Crippen LogP contribution in [-0.2, 0) is 6.61 Å². The van der Waals surface area contributed by atoms with Crippen molar-refractivity contribution in [2.24, 2.45) is 0 Å². The number of rotatable bonds is 8. The molecule has 1 aromatic heterocycles. The summed E-state index contributed by atoms with van der Waals surface area (Å²) in [7, 11) is 0. The molecule has 190 valence electrons. The Balaban J connectivity index is 1.27. The fourth-order valence-electron chi connectivity index (χ4n) is 4.94. The summed E-state index contributed by atoms with van der Waals surface area (Å²) in [6.07, 6.45) is 9.54. The third-order valence-electron chi connectivity index (χ3n) is 7.03. The van der Waals surface area contributed by atoms with Crippen LogP contribution in [0.1, 0.15) is 98.6 Å². The van der Waals surface area contributed by atoms with Gasteiger partial charge in [0.05, 0.1) is 6.04 Å². The Bertz CT molecular complexity index is 969. The van der Waals surface area contributed by atoms with Gasteiger partial charge in [0.1, 0.15) is 23.1 Å². The van der Waals surface area contributed by atoms with E-state index in [1.165, 1.54) is 36.2 Å². The molecule has 35 heavy (non-hydrogen) atoms. The molecule has 2 aromatic rings. The van der Waals surface area contributed by atoms with Gasteiger partial charge in [0.15, 0.2) is 0 Å². The summed E-state index contributed by atoms with van der Waals surface area (Å²) in [5.41, 5.74) is 1.67. The molecule has 0 bridgehead atoms. The highest BCUT2D eigenvalue weighted by Crippen LogP contribution is 2.22. The van der Waals surface area contributed by atoms with E-state index in [9.17, 15) is 9.59 Å². The number of hydrogen-bond donors (Lipinski definition) is 3. The molecule has 2 atom stereocenters. The Morgan fingerprint density at radius 1 is 0.943 bits per heavy atom. The molecule has 1 aromatic carbocycles. The number of nitrogens with zero attached hydrogens (tertiary/aromatic N) is 1. The number of carbonyl (C=O) groups is 2. The summed E-state index contributed by atoms with van der Waals surface area (Å²) < 4.78 is 5.85. The molecule has 2 aliphatic rings. The summed E-state index contributed by atoms with van der Waals surface area (Å²) in [5, 5.41) is 11.9. The normalized spacial score (nSPS) is 20.9. The van der Waals surface area contributed by atoms with E-state index in [1.54, 1.807) is 5.38 Å². The van der Waals surface area contributed by atoms with Crippen molar-refractivity contribution in [3.05, 3.63) is 45.9 Å². The van der Waals surface area contributed by atoms with Gasteiger partial charge in [-0.05, 0) is 49.3 Å². The monoisotopic (exact) mass is 498 g/mol. The van der Waals surface area contributed by atoms with Crippen molar-refractivity contribution >= 4 is 23.3 Å². The van der Waals surface area contributed by atoms with Crippen molar-refractivity contribution in [2.45, 2.75) is 102 Å². The minimum Gasteiger partial charge on any atom is -0.486 e. The lowest BCUT2D eigenvalue weighted by molar-refractivity contribution is 0.0911. The summed E-state index contributed by atoms with van der Waals surface area (Å²) >= 11 is 1.42. The number of hydrogen-bond acceptors (Lipinski definition) is 5. The maximum atomic E-state index is 12.9. The van der Waals surface area contributed by atoms with Crippen molar-refractivity contribution in [2.75, 3.05) is 0 Å². The topological polar surface area (TPSA) is 92.3 Å². The molecule has 0 unspecified atom stereocenters. The highest BCUT2D eigenvalue weighted by Gasteiger charge is 2.29. The van der Waals surface area contributed by atoms with Gasteiger partial charge >= 0.3 is 6.03 Å². The highest BCUT2D eigenvalue weighted by atomic mass is 32.1. The van der Waals surface area contributed by atoms with E-state index in [1.807, 2.05) is 12.1 Å².